The number of hydrogen-bond acceptors (Lipinski definition) is 10. The maximum atomic E-state index is 12.0. The Bertz CT molecular complexity index is 1520. The molecular weight excluding hydrogens is 615 g/mol. The van der Waals surface area contributed by atoms with Gasteiger partial charge in [0, 0.05) is 73.5 Å². The van der Waals surface area contributed by atoms with E-state index in [1.807, 2.05) is 16.9 Å². The van der Waals surface area contributed by atoms with Crippen molar-refractivity contribution in [2.24, 2.45) is 0 Å². The molecule has 2 amide bonds. The van der Waals surface area contributed by atoms with Gasteiger partial charge in [-0.1, -0.05) is 23.2 Å². The fraction of sp³-hybridized carbons (Fsp3) is 0.429. The van der Waals surface area contributed by atoms with E-state index in [0.29, 0.717) is 65.8 Å². The van der Waals surface area contributed by atoms with Crippen LogP contribution in [0.3, 0.4) is 0 Å². The number of rotatable bonds is 8. The maximum Gasteiger partial charge on any atom is 0.328 e. The zero-order valence-electron chi connectivity index (χ0n) is 24.0. The molecule has 0 saturated carbocycles. The average molecular weight is 650 g/mol. The second kappa shape index (κ2) is 13.6. The zero-order valence-corrected chi connectivity index (χ0v) is 26.3. The van der Waals surface area contributed by atoms with Gasteiger partial charge in [0.1, 0.15) is 0 Å². The SMILES string of the molecule is CN1CCN(c2ncc(Oc3cc(CN4CCC(NC(=O)NS(C)(=O)=O)CC4)cc(-c4cc(Cl)cc(Cl)c4)n3)cn2)CC1. The van der Waals surface area contributed by atoms with Crippen molar-refractivity contribution in [1.29, 1.82) is 0 Å². The van der Waals surface area contributed by atoms with Gasteiger partial charge < -0.3 is 19.9 Å². The lowest BCUT2D eigenvalue weighted by Crippen LogP contribution is -2.48. The number of piperazine rings is 1. The number of pyridine rings is 1. The normalized spacial score (nSPS) is 17.1. The van der Waals surface area contributed by atoms with Crippen LogP contribution >= 0.6 is 23.2 Å². The predicted octanol–water partition coefficient (Wildman–Crippen LogP) is 3.61. The number of ether oxygens (including phenoxy) is 1. The third kappa shape index (κ3) is 9.13. The average Bonchev–Trinajstić information content (AvgIpc) is 2.93. The van der Waals surface area contributed by atoms with Crippen molar-refractivity contribution in [2.75, 3.05) is 57.5 Å². The number of likely N-dealkylation sites (N-methyl/N-ethyl adjacent to an activating group) is 1. The Morgan fingerprint density at radius 1 is 0.977 bits per heavy atom. The molecule has 0 aliphatic carbocycles. The predicted molar refractivity (Wildman–Crippen MR) is 166 cm³/mol. The molecule has 1 aromatic carbocycles. The van der Waals surface area contributed by atoms with Crippen LogP contribution in [0.15, 0.2) is 42.7 Å². The number of anilines is 1. The van der Waals surface area contributed by atoms with E-state index in [2.05, 4.69) is 37.0 Å². The molecule has 5 rings (SSSR count). The van der Waals surface area contributed by atoms with Crippen molar-refractivity contribution in [2.45, 2.75) is 25.4 Å². The van der Waals surface area contributed by atoms with Gasteiger partial charge in [-0.2, -0.15) is 0 Å². The van der Waals surface area contributed by atoms with Gasteiger partial charge in [0.05, 0.1) is 24.3 Å². The molecule has 2 aliphatic rings. The number of hydrogen-bond donors (Lipinski definition) is 2. The lowest BCUT2D eigenvalue weighted by Gasteiger charge is -2.32. The van der Waals surface area contributed by atoms with Gasteiger partial charge in [-0.05, 0) is 49.7 Å². The summed E-state index contributed by atoms with van der Waals surface area (Å²) in [5.41, 5.74) is 2.37. The molecule has 230 valence electrons. The zero-order chi connectivity index (χ0) is 30.6. The number of sulfonamides is 1. The van der Waals surface area contributed by atoms with Crippen LogP contribution in [0.5, 0.6) is 11.6 Å². The number of nitrogens with zero attached hydrogens (tertiary/aromatic N) is 6. The number of benzene rings is 1. The summed E-state index contributed by atoms with van der Waals surface area (Å²) < 4.78 is 30.7. The molecule has 0 spiro atoms. The van der Waals surface area contributed by atoms with E-state index in [1.165, 1.54) is 0 Å². The minimum Gasteiger partial charge on any atom is -0.436 e. The largest absolute Gasteiger partial charge is 0.436 e. The van der Waals surface area contributed by atoms with Crippen LogP contribution < -0.4 is 19.7 Å². The van der Waals surface area contributed by atoms with E-state index in [-0.39, 0.29) is 6.04 Å². The number of carbonyl (C=O) groups excluding carboxylic acids is 1. The number of halogens is 2. The molecule has 2 fully saturated rings. The number of nitrogens with one attached hydrogen (secondary N) is 2. The summed E-state index contributed by atoms with van der Waals surface area (Å²) >= 11 is 12.6. The Labute approximate surface area is 261 Å². The van der Waals surface area contributed by atoms with Crippen molar-refractivity contribution >= 4 is 45.2 Å². The Balaban J connectivity index is 1.30. The molecular formula is C28H34Cl2N8O4S. The standard InChI is InChI=1S/C28H34Cl2N8O4S/c1-36-7-9-38(10-8-36)27-31-16-24(17-32-27)42-26-12-19(11-25(34-26)20-13-21(29)15-22(30)14-20)18-37-5-3-23(4-6-37)33-28(39)35-43(2,40)41/h11-17,23H,3-10,18H2,1-2H3,(H2,33,35,39). The number of likely N-dealkylation sites (tertiary alicyclic amines) is 1. The highest BCUT2D eigenvalue weighted by molar-refractivity contribution is 7.89. The molecule has 2 saturated heterocycles. The van der Waals surface area contributed by atoms with E-state index in [1.54, 1.807) is 30.6 Å². The molecule has 0 unspecified atom stereocenters. The molecule has 2 aliphatic heterocycles. The molecule has 15 heteroatoms. The van der Waals surface area contributed by atoms with Gasteiger partial charge in [-0.3, -0.25) is 4.90 Å². The Hall–Kier alpha value is -3.23. The number of urea groups is 1. The molecule has 0 bridgehead atoms. The van der Waals surface area contributed by atoms with Crippen LogP contribution in [0.25, 0.3) is 11.3 Å². The quantitative estimate of drug-likeness (QED) is 0.373. The number of aromatic nitrogens is 3. The minimum atomic E-state index is -3.61. The smallest absolute Gasteiger partial charge is 0.328 e. The second-order valence-electron chi connectivity index (χ2n) is 10.9. The van der Waals surface area contributed by atoms with Crippen LogP contribution in [-0.2, 0) is 16.6 Å². The number of piperidine rings is 1. The van der Waals surface area contributed by atoms with Gasteiger partial charge >= 0.3 is 6.03 Å². The van der Waals surface area contributed by atoms with Crippen LogP contribution in [0.1, 0.15) is 18.4 Å². The van der Waals surface area contributed by atoms with Gasteiger partial charge in [0.2, 0.25) is 21.9 Å². The molecule has 43 heavy (non-hydrogen) atoms. The Morgan fingerprint density at radius 2 is 1.63 bits per heavy atom. The summed E-state index contributed by atoms with van der Waals surface area (Å²) in [4.78, 5) is 32.4. The van der Waals surface area contributed by atoms with E-state index in [0.717, 1.165) is 43.6 Å². The molecule has 12 nitrogen and oxygen atoms in total. The van der Waals surface area contributed by atoms with E-state index in [4.69, 9.17) is 32.9 Å². The summed E-state index contributed by atoms with van der Waals surface area (Å²) in [5, 5.41) is 3.74. The molecule has 3 aromatic rings. The van der Waals surface area contributed by atoms with E-state index >= 15 is 0 Å². The first kappa shape index (κ1) is 31.2. The van der Waals surface area contributed by atoms with E-state index in [9.17, 15) is 13.2 Å². The lowest BCUT2D eigenvalue weighted by atomic mass is 10.0. The fourth-order valence-electron chi connectivity index (χ4n) is 5.08. The Kier molecular flexibility index (Phi) is 9.87. The number of carbonyl (C=O) groups is 1. The summed E-state index contributed by atoms with van der Waals surface area (Å²) in [6.45, 7) is 5.69. The van der Waals surface area contributed by atoms with Gasteiger partial charge in [0.25, 0.3) is 0 Å². The second-order valence-corrected chi connectivity index (χ2v) is 13.5. The first-order chi connectivity index (χ1) is 20.5. The summed E-state index contributed by atoms with van der Waals surface area (Å²) in [5.74, 6) is 1.52. The topological polar surface area (TPSA) is 133 Å². The molecule has 2 aromatic heterocycles. The van der Waals surface area contributed by atoms with Crippen molar-refractivity contribution in [3.8, 4) is 22.9 Å². The van der Waals surface area contributed by atoms with Crippen LogP contribution in [0.2, 0.25) is 10.0 Å². The minimum absolute atomic E-state index is 0.118. The maximum absolute atomic E-state index is 12.0. The van der Waals surface area contributed by atoms with Crippen molar-refractivity contribution in [3.05, 3.63) is 58.3 Å². The summed E-state index contributed by atoms with van der Waals surface area (Å²) in [7, 11) is -1.51. The summed E-state index contributed by atoms with van der Waals surface area (Å²) in [6, 6.07) is 8.31. The highest BCUT2D eigenvalue weighted by Gasteiger charge is 2.23. The fourth-order valence-corrected chi connectivity index (χ4v) is 6.00. The van der Waals surface area contributed by atoms with Gasteiger partial charge in [-0.15, -0.1) is 0 Å². The molecule has 2 N–H and O–H groups in total. The first-order valence-electron chi connectivity index (χ1n) is 13.9. The van der Waals surface area contributed by atoms with Crippen molar-refractivity contribution in [1.82, 2.24) is 34.8 Å². The Morgan fingerprint density at radius 3 is 2.26 bits per heavy atom. The summed E-state index contributed by atoms with van der Waals surface area (Å²) in [6.07, 6.45) is 5.62. The van der Waals surface area contributed by atoms with Crippen LogP contribution in [-0.4, -0.2) is 97.8 Å². The molecule has 4 heterocycles. The highest BCUT2D eigenvalue weighted by atomic mass is 35.5. The van der Waals surface area contributed by atoms with Crippen molar-refractivity contribution in [3.63, 3.8) is 0 Å². The van der Waals surface area contributed by atoms with Crippen LogP contribution in [0, 0.1) is 0 Å². The highest BCUT2D eigenvalue weighted by Crippen LogP contribution is 2.30. The lowest BCUT2D eigenvalue weighted by molar-refractivity contribution is 0.188. The van der Waals surface area contributed by atoms with Crippen LogP contribution in [0.4, 0.5) is 10.7 Å². The van der Waals surface area contributed by atoms with Crippen molar-refractivity contribution < 1.29 is 17.9 Å². The van der Waals surface area contributed by atoms with Gasteiger partial charge in [0.15, 0.2) is 5.75 Å². The number of amides is 2. The van der Waals surface area contributed by atoms with Gasteiger partial charge in [-0.25, -0.2) is 32.9 Å². The molecule has 0 radical (unpaired) electrons. The monoisotopic (exact) mass is 648 g/mol. The third-order valence-corrected chi connectivity index (χ3v) is 8.24. The van der Waals surface area contributed by atoms with E-state index < -0.39 is 16.1 Å². The first-order valence-corrected chi connectivity index (χ1v) is 16.6. The third-order valence-electron chi connectivity index (χ3n) is 7.25. The molecule has 0 atom stereocenters.